The van der Waals surface area contributed by atoms with Gasteiger partial charge in [0.1, 0.15) is 6.33 Å². The molecule has 0 amide bonds. The molecule has 0 bridgehead atoms. The van der Waals surface area contributed by atoms with Crippen molar-refractivity contribution in [2.24, 2.45) is 0 Å². The minimum atomic E-state index is -0.481. The van der Waals surface area contributed by atoms with Gasteiger partial charge in [0.25, 0.3) is 5.89 Å². The number of carbonyl (C=O) groups excluding carboxylic acids is 1. The Balaban J connectivity index is 1.39. The maximum absolute atomic E-state index is 12.1. The molecular weight excluding hydrogens is 344 g/mol. The molecule has 0 aliphatic heterocycles. The lowest BCUT2D eigenvalue weighted by Crippen LogP contribution is -2.06. The number of aromatic nitrogens is 6. The normalized spacial score (nSPS) is 10.7. The number of hydrogen-bond donors (Lipinski definition) is 0. The number of rotatable bonds is 5. The van der Waals surface area contributed by atoms with Crippen LogP contribution in [0, 0.1) is 0 Å². The molecule has 9 nitrogen and oxygen atoms in total. The summed E-state index contributed by atoms with van der Waals surface area (Å²) >= 11 is 1.49. The van der Waals surface area contributed by atoms with Crippen molar-refractivity contribution in [1.29, 1.82) is 0 Å². The zero-order valence-corrected chi connectivity index (χ0v) is 13.5. The molecule has 0 unspecified atom stereocenters. The third kappa shape index (κ3) is 3.28. The van der Waals surface area contributed by atoms with Gasteiger partial charge < -0.3 is 9.26 Å². The lowest BCUT2D eigenvalue weighted by Gasteiger charge is -2.03. The number of nitrogens with zero attached hydrogens (tertiary/aromatic N) is 6. The highest BCUT2D eigenvalue weighted by Gasteiger charge is 2.13. The second kappa shape index (κ2) is 6.61. The summed E-state index contributed by atoms with van der Waals surface area (Å²) in [5, 5.41) is 16.6. The third-order valence-corrected chi connectivity index (χ3v) is 4.11. The van der Waals surface area contributed by atoms with Gasteiger partial charge in [-0.1, -0.05) is 11.2 Å². The Morgan fingerprint density at radius 1 is 1.24 bits per heavy atom. The first-order chi connectivity index (χ1) is 12.3. The Bertz CT molecular complexity index is 963. The fourth-order valence-corrected chi connectivity index (χ4v) is 2.70. The van der Waals surface area contributed by atoms with E-state index >= 15 is 0 Å². The molecule has 10 heteroatoms. The van der Waals surface area contributed by atoms with Crippen LogP contribution in [0.4, 0.5) is 0 Å². The van der Waals surface area contributed by atoms with Gasteiger partial charge in [0.05, 0.1) is 16.1 Å². The second-order valence-electron chi connectivity index (χ2n) is 4.87. The number of ether oxygens (including phenoxy) is 1. The lowest BCUT2D eigenvalue weighted by atomic mass is 10.2. The summed E-state index contributed by atoms with van der Waals surface area (Å²) in [5.74, 6) is 0.236. The minimum absolute atomic E-state index is 0.0670. The largest absolute Gasteiger partial charge is 0.454 e. The van der Waals surface area contributed by atoms with E-state index in [-0.39, 0.29) is 6.61 Å². The second-order valence-corrected chi connectivity index (χ2v) is 5.82. The summed E-state index contributed by atoms with van der Waals surface area (Å²) in [6.45, 7) is -0.0670. The van der Waals surface area contributed by atoms with Crippen LogP contribution >= 0.6 is 11.3 Å². The number of thiophene rings is 1. The zero-order valence-electron chi connectivity index (χ0n) is 12.6. The van der Waals surface area contributed by atoms with E-state index in [2.05, 4.69) is 25.7 Å². The number of carbonyl (C=O) groups is 1. The van der Waals surface area contributed by atoms with Crippen molar-refractivity contribution in [3.8, 4) is 16.5 Å². The minimum Gasteiger partial charge on any atom is -0.454 e. The quantitative estimate of drug-likeness (QED) is 0.501. The molecule has 3 heterocycles. The van der Waals surface area contributed by atoms with Gasteiger partial charge >= 0.3 is 5.97 Å². The Morgan fingerprint density at radius 3 is 2.84 bits per heavy atom. The van der Waals surface area contributed by atoms with Crippen LogP contribution < -0.4 is 0 Å². The first-order valence-corrected chi connectivity index (χ1v) is 8.04. The van der Waals surface area contributed by atoms with Crippen LogP contribution in [0.2, 0.25) is 0 Å². The van der Waals surface area contributed by atoms with Crippen LogP contribution in [0.15, 0.2) is 52.6 Å². The van der Waals surface area contributed by atoms with Gasteiger partial charge in [-0.05, 0) is 46.1 Å². The van der Waals surface area contributed by atoms with Gasteiger partial charge in [-0.2, -0.15) is 4.98 Å². The van der Waals surface area contributed by atoms with Gasteiger partial charge in [-0.3, -0.25) is 0 Å². The van der Waals surface area contributed by atoms with Crippen LogP contribution in [0.5, 0.6) is 0 Å². The van der Waals surface area contributed by atoms with E-state index in [1.165, 1.54) is 22.3 Å². The van der Waals surface area contributed by atoms with Gasteiger partial charge in [0.2, 0.25) is 5.82 Å². The summed E-state index contributed by atoms with van der Waals surface area (Å²) in [6.07, 6.45) is 1.47. The topological polar surface area (TPSA) is 109 Å². The number of tetrazole rings is 1. The molecule has 4 rings (SSSR count). The van der Waals surface area contributed by atoms with Gasteiger partial charge in [0.15, 0.2) is 6.61 Å². The van der Waals surface area contributed by atoms with Crippen molar-refractivity contribution in [3.63, 3.8) is 0 Å². The predicted octanol–water partition coefficient (Wildman–Crippen LogP) is 2.13. The van der Waals surface area contributed by atoms with Crippen molar-refractivity contribution in [3.05, 3.63) is 59.5 Å². The Kier molecular flexibility index (Phi) is 4.01. The predicted molar refractivity (Wildman–Crippen MR) is 85.9 cm³/mol. The molecule has 0 saturated heterocycles. The summed E-state index contributed by atoms with van der Waals surface area (Å²) in [4.78, 5) is 17.2. The molecule has 0 spiro atoms. The average Bonchev–Trinajstić information content (AvgIpc) is 3.42. The lowest BCUT2D eigenvalue weighted by molar-refractivity contribution is 0.0459. The smallest absolute Gasteiger partial charge is 0.338 e. The maximum atomic E-state index is 12.1. The molecule has 3 aromatic heterocycles. The Hall–Kier alpha value is -3.40. The first-order valence-electron chi connectivity index (χ1n) is 7.16. The molecule has 0 aliphatic carbocycles. The summed E-state index contributed by atoms with van der Waals surface area (Å²) < 4.78 is 11.8. The average molecular weight is 354 g/mol. The Labute approximate surface area is 144 Å². The highest BCUT2D eigenvalue weighted by Crippen LogP contribution is 2.22. The van der Waals surface area contributed by atoms with Crippen LogP contribution in [0.3, 0.4) is 0 Å². The molecule has 0 N–H and O–H groups in total. The molecule has 25 heavy (non-hydrogen) atoms. The molecule has 0 radical (unpaired) electrons. The third-order valence-electron chi connectivity index (χ3n) is 3.25. The van der Waals surface area contributed by atoms with E-state index in [0.717, 1.165) is 10.6 Å². The highest BCUT2D eigenvalue weighted by molar-refractivity contribution is 7.13. The number of esters is 1. The van der Waals surface area contributed by atoms with Crippen LogP contribution in [-0.4, -0.2) is 36.3 Å². The standard InChI is InChI=1S/C15H10N6O3S/c22-15(10-3-5-11(6-4-10)21-9-16-19-20-21)23-8-13-17-14(24-18-13)12-2-1-7-25-12/h1-7,9H,8H2. The van der Waals surface area contributed by atoms with E-state index in [9.17, 15) is 4.79 Å². The molecule has 0 aliphatic rings. The summed E-state index contributed by atoms with van der Waals surface area (Å²) in [7, 11) is 0. The molecule has 0 fully saturated rings. The fraction of sp³-hybridized carbons (Fsp3) is 0.0667. The molecule has 4 aromatic rings. The molecule has 124 valence electrons. The van der Waals surface area contributed by atoms with E-state index in [4.69, 9.17) is 9.26 Å². The van der Waals surface area contributed by atoms with Crippen molar-refractivity contribution >= 4 is 17.3 Å². The summed E-state index contributed by atoms with van der Waals surface area (Å²) in [6, 6.07) is 10.5. The van der Waals surface area contributed by atoms with Gasteiger partial charge in [-0.15, -0.1) is 16.4 Å². The molecule has 1 aromatic carbocycles. The van der Waals surface area contributed by atoms with Crippen molar-refractivity contribution in [2.75, 3.05) is 0 Å². The number of benzene rings is 1. The maximum Gasteiger partial charge on any atom is 0.338 e. The van der Waals surface area contributed by atoms with E-state index in [1.807, 2.05) is 17.5 Å². The zero-order chi connectivity index (χ0) is 17.1. The monoisotopic (exact) mass is 354 g/mol. The molecule has 0 saturated carbocycles. The van der Waals surface area contributed by atoms with Crippen molar-refractivity contribution in [1.82, 2.24) is 30.3 Å². The van der Waals surface area contributed by atoms with E-state index < -0.39 is 5.97 Å². The van der Waals surface area contributed by atoms with E-state index in [0.29, 0.717) is 17.3 Å². The Morgan fingerprint density at radius 2 is 2.12 bits per heavy atom. The van der Waals surface area contributed by atoms with Crippen LogP contribution in [0.1, 0.15) is 16.2 Å². The van der Waals surface area contributed by atoms with E-state index in [1.54, 1.807) is 24.3 Å². The SMILES string of the molecule is O=C(OCc1noc(-c2cccs2)n1)c1ccc(-n2cnnn2)cc1. The number of hydrogen-bond acceptors (Lipinski definition) is 9. The van der Waals surface area contributed by atoms with Crippen LogP contribution in [-0.2, 0) is 11.3 Å². The highest BCUT2D eigenvalue weighted by atomic mass is 32.1. The fourth-order valence-electron chi connectivity index (χ4n) is 2.06. The summed E-state index contributed by atoms with van der Waals surface area (Å²) in [5.41, 5.74) is 1.14. The van der Waals surface area contributed by atoms with Crippen molar-refractivity contribution < 1.29 is 14.1 Å². The molecular formula is C15H10N6O3S. The first kappa shape index (κ1) is 15.1. The van der Waals surface area contributed by atoms with Crippen molar-refractivity contribution in [2.45, 2.75) is 6.61 Å². The van der Waals surface area contributed by atoms with Gasteiger partial charge in [0, 0.05) is 0 Å². The van der Waals surface area contributed by atoms with Gasteiger partial charge in [-0.25, -0.2) is 9.48 Å². The molecule has 0 atom stereocenters. The van der Waals surface area contributed by atoms with Crippen LogP contribution in [0.25, 0.3) is 16.5 Å².